The first kappa shape index (κ1) is 51.5. The van der Waals surface area contributed by atoms with Crippen molar-refractivity contribution in [3.8, 4) is 33.4 Å². The van der Waals surface area contributed by atoms with E-state index in [1.807, 2.05) is 81.7 Å². The van der Waals surface area contributed by atoms with Crippen LogP contribution in [0.2, 0.25) is 5.02 Å². The molecule has 2 aliphatic rings. The number of hydrogen-bond acceptors (Lipinski definition) is 12. The molecule has 0 bridgehead atoms. The highest BCUT2D eigenvalue weighted by Crippen LogP contribution is 2.55. The third-order valence-corrected chi connectivity index (χ3v) is 14.6. The molecule has 2 fully saturated rings. The predicted molar refractivity (Wildman–Crippen MR) is 272 cm³/mol. The maximum Gasteiger partial charge on any atom is 0.251 e. The zero-order chi connectivity index (χ0) is 50.5. The Morgan fingerprint density at radius 2 is 1.63 bits per heavy atom. The molecule has 4 amide bonds. The number of ether oxygens (including phenoxy) is 1. The molecule has 15 nitrogen and oxygen atoms in total. The molecule has 1 aliphatic carbocycles. The summed E-state index contributed by atoms with van der Waals surface area (Å²) in [6.45, 7) is 16.9. The van der Waals surface area contributed by atoms with Gasteiger partial charge in [0.2, 0.25) is 17.7 Å². The fourth-order valence-electron chi connectivity index (χ4n) is 9.77. The van der Waals surface area contributed by atoms with E-state index < -0.39 is 40.3 Å². The lowest BCUT2D eigenvalue weighted by atomic mass is 9.49. The summed E-state index contributed by atoms with van der Waals surface area (Å²) >= 11 is 7.82. The van der Waals surface area contributed by atoms with Crippen LogP contribution in [0.4, 0.5) is 5.82 Å². The molecule has 2 aromatic heterocycles. The second-order valence-electron chi connectivity index (χ2n) is 20.4. The van der Waals surface area contributed by atoms with Gasteiger partial charge in [0.1, 0.15) is 35.8 Å². The van der Waals surface area contributed by atoms with E-state index in [2.05, 4.69) is 70.3 Å². The monoisotopic (exact) mass is 987 g/mol. The number of pyridine rings is 1. The van der Waals surface area contributed by atoms with Gasteiger partial charge in [-0.2, -0.15) is 5.26 Å². The first-order valence-corrected chi connectivity index (χ1v) is 24.7. The van der Waals surface area contributed by atoms with E-state index in [4.69, 9.17) is 16.3 Å². The molecule has 3 atom stereocenters. The summed E-state index contributed by atoms with van der Waals surface area (Å²) in [7, 11) is 0. The number of β-amino-alcohol motifs (C(OH)–C–C–N with tert-alkyl or cyclic N) is 1. The van der Waals surface area contributed by atoms with E-state index in [9.17, 15) is 29.5 Å². The van der Waals surface area contributed by atoms with Crippen molar-refractivity contribution in [3.63, 3.8) is 0 Å². The molecule has 0 radical (unpaired) electrons. The van der Waals surface area contributed by atoms with Crippen molar-refractivity contribution >= 4 is 52.4 Å². The van der Waals surface area contributed by atoms with Crippen LogP contribution in [0.1, 0.15) is 82.1 Å². The maximum atomic E-state index is 14.0. The van der Waals surface area contributed by atoms with Gasteiger partial charge in [0, 0.05) is 72.9 Å². The highest BCUT2D eigenvalue weighted by Gasteiger charge is 2.64. The van der Waals surface area contributed by atoms with Crippen molar-refractivity contribution in [1.29, 1.82) is 5.26 Å². The molecule has 5 aromatic rings. The minimum atomic E-state index is -0.941. The van der Waals surface area contributed by atoms with E-state index in [1.165, 1.54) is 4.90 Å². The van der Waals surface area contributed by atoms with E-state index in [-0.39, 0.29) is 55.9 Å². The number of nitriles is 1. The van der Waals surface area contributed by atoms with Gasteiger partial charge in [0.05, 0.1) is 39.3 Å². The fraction of sp³-hybridized carbons (Fsp3) is 0.415. The first-order chi connectivity index (χ1) is 33.2. The predicted octanol–water partition coefficient (Wildman–Crippen LogP) is 7.13. The van der Waals surface area contributed by atoms with Gasteiger partial charge in [-0.15, -0.1) is 11.3 Å². The summed E-state index contributed by atoms with van der Waals surface area (Å²) in [6, 6.07) is 24.1. The van der Waals surface area contributed by atoms with Crippen molar-refractivity contribution in [1.82, 2.24) is 36.1 Å². The van der Waals surface area contributed by atoms with Gasteiger partial charge in [-0.3, -0.25) is 19.2 Å². The Morgan fingerprint density at radius 3 is 2.24 bits per heavy atom. The first-order valence-electron chi connectivity index (χ1n) is 23.4. The van der Waals surface area contributed by atoms with Crippen molar-refractivity contribution in [3.05, 3.63) is 118 Å². The SMILES string of the molecule is Cc1ncsc1-c1ccc(CNC(=O)[C@@H]2C[C@@H](O)CN2C(=O)[C@@H](NC(=O)CNCCNc2ccc(-c3ccc(C(=O)NC4C(C)(C)C(Oc5ccc(C#N)c(Cl)c5)C4(C)C)cc3)cn2)C(C)(C)C)cc1. The molecule has 7 rings (SSSR count). The molecule has 70 heavy (non-hydrogen) atoms. The number of benzene rings is 3. The van der Waals surface area contributed by atoms with Gasteiger partial charge in [-0.25, -0.2) is 9.97 Å². The lowest BCUT2D eigenvalue weighted by Gasteiger charge is -2.63. The number of aromatic nitrogens is 2. The van der Waals surface area contributed by atoms with Crippen LogP contribution in [0.5, 0.6) is 5.75 Å². The molecule has 0 spiro atoms. The number of rotatable bonds is 17. The van der Waals surface area contributed by atoms with Crippen LogP contribution in [-0.4, -0.2) is 100 Å². The molecule has 3 aromatic carbocycles. The molecule has 368 valence electrons. The fourth-order valence-corrected chi connectivity index (χ4v) is 10.8. The zero-order valence-corrected chi connectivity index (χ0v) is 42.4. The minimum Gasteiger partial charge on any atom is -0.489 e. The van der Waals surface area contributed by atoms with Crippen LogP contribution in [-0.2, 0) is 20.9 Å². The number of halogens is 1. The van der Waals surface area contributed by atoms with Gasteiger partial charge in [0.25, 0.3) is 5.91 Å². The van der Waals surface area contributed by atoms with E-state index in [0.29, 0.717) is 40.8 Å². The third-order valence-electron chi connectivity index (χ3n) is 13.3. The van der Waals surface area contributed by atoms with Crippen LogP contribution in [0.25, 0.3) is 21.6 Å². The molecule has 17 heteroatoms. The van der Waals surface area contributed by atoms with Crippen molar-refractivity contribution in [2.45, 2.75) is 98.7 Å². The molecule has 1 saturated carbocycles. The highest BCUT2D eigenvalue weighted by atomic mass is 35.5. The molecular formula is C53H62ClN9O6S. The van der Waals surface area contributed by atoms with Crippen LogP contribution in [0, 0.1) is 34.5 Å². The van der Waals surface area contributed by atoms with Gasteiger partial charge < -0.3 is 41.3 Å². The number of nitrogens with zero attached hydrogens (tertiary/aromatic N) is 4. The van der Waals surface area contributed by atoms with Crippen molar-refractivity contribution in [2.75, 3.05) is 31.5 Å². The molecule has 3 heterocycles. The number of carbonyl (C=O) groups is 4. The zero-order valence-electron chi connectivity index (χ0n) is 40.9. The lowest BCUT2D eigenvalue weighted by molar-refractivity contribution is -0.164. The molecule has 6 N–H and O–H groups in total. The third kappa shape index (κ3) is 11.6. The van der Waals surface area contributed by atoms with Crippen LogP contribution >= 0.6 is 22.9 Å². The number of carbonyl (C=O) groups excluding carboxylic acids is 4. The summed E-state index contributed by atoms with van der Waals surface area (Å²) in [4.78, 5) is 65.5. The largest absolute Gasteiger partial charge is 0.489 e. The number of amides is 4. The van der Waals surface area contributed by atoms with Crippen LogP contribution in [0.15, 0.2) is 90.6 Å². The molecule has 0 unspecified atom stereocenters. The minimum absolute atomic E-state index is 0.0105. The van der Waals surface area contributed by atoms with Gasteiger partial charge in [0.15, 0.2) is 0 Å². The Bertz CT molecular complexity index is 2720. The van der Waals surface area contributed by atoms with E-state index >= 15 is 0 Å². The average Bonchev–Trinajstić information content (AvgIpc) is 3.95. The quantitative estimate of drug-likeness (QED) is 0.0517. The molecule has 1 saturated heterocycles. The maximum absolute atomic E-state index is 14.0. The Morgan fingerprint density at radius 1 is 0.943 bits per heavy atom. The van der Waals surface area contributed by atoms with E-state index in [1.54, 1.807) is 47.9 Å². The number of aryl methyl sites for hydroxylation is 1. The summed E-state index contributed by atoms with van der Waals surface area (Å²) in [5.74, 6) is -0.132. The Labute approximate surface area is 418 Å². The molecule has 1 aliphatic heterocycles. The van der Waals surface area contributed by atoms with Gasteiger partial charge >= 0.3 is 0 Å². The number of aliphatic hydroxyl groups is 1. The Kier molecular flexibility index (Phi) is 15.7. The van der Waals surface area contributed by atoms with Crippen molar-refractivity contribution < 1.29 is 29.0 Å². The average molecular weight is 989 g/mol. The topological polar surface area (TPSA) is 211 Å². The summed E-state index contributed by atoms with van der Waals surface area (Å²) in [6.07, 6.45) is 0.764. The van der Waals surface area contributed by atoms with Gasteiger partial charge in [-0.1, -0.05) is 96.5 Å². The Balaban J connectivity index is 0.839. The lowest BCUT2D eigenvalue weighted by Crippen LogP contribution is -2.74. The normalized spacial score (nSPS) is 19.5. The number of anilines is 1. The second-order valence-corrected chi connectivity index (χ2v) is 21.6. The summed E-state index contributed by atoms with van der Waals surface area (Å²) in [5, 5.41) is 35.6. The van der Waals surface area contributed by atoms with Crippen LogP contribution < -0.4 is 31.3 Å². The standard InChI is InChI=1S/C53H62ClN9O6S/c1-31-44(70-30-60-31)34-11-9-32(10-12-34)26-59-47(67)41-23-38(64)29-63(41)48(68)45(51(2,3)4)61-43(65)28-56-21-22-57-42-20-18-37(27-58-42)33-13-15-35(16-14-33)46(66)62-49-52(5,6)50(53(49,7)8)69-39-19-17-36(25-55)40(54)24-39/h9-20,24,27,30,38,41,45,49-50,56,64H,21-23,26,28-29H2,1-8H3,(H,57,58)(H,59,67)(H,61,65)(H,62,66)/t38-,41+,45-,49?,50?/m1/s1. The van der Waals surface area contributed by atoms with E-state index in [0.717, 1.165) is 32.8 Å². The number of nitrogens with one attached hydrogen (secondary N) is 5. The second kappa shape index (κ2) is 21.3. The van der Waals surface area contributed by atoms with Crippen LogP contribution in [0.3, 0.4) is 0 Å². The highest BCUT2D eigenvalue weighted by molar-refractivity contribution is 7.13. The molecular weight excluding hydrogens is 926 g/mol. The van der Waals surface area contributed by atoms with Gasteiger partial charge in [-0.05, 0) is 65.4 Å². The van der Waals surface area contributed by atoms with Crippen molar-refractivity contribution in [2.24, 2.45) is 16.2 Å². The summed E-state index contributed by atoms with van der Waals surface area (Å²) < 4.78 is 6.37. The smallest absolute Gasteiger partial charge is 0.251 e. The summed E-state index contributed by atoms with van der Waals surface area (Å²) in [5.41, 5.74) is 5.93. The number of aliphatic hydroxyl groups excluding tert-OH is 1. The number of likely N-dealkylation sites (tertiary alicyclic amines) is 1. The Hall–Kier alpha value is -6.38. The number of thiazole rings is 1. The number of hydrogen-bond donors (Lipinski definition) is 6.